The molecule has 24 heavy (non-hydrogen) atoms. The summed E-state index contributed by atoms with van der Waals surface area (Å²) < 4.78 is 0. The monoisotopic (exact) mass is 321 g/mol. The number of rotatable bonds is 3. The van der Waals surface area contributed by atoms with Gasteiger partial charge in [-0.15, -0.1) is 0 Å². The van der Waals surface area contributed by atoms with Gasteiger partial charge in [-0.25, -0.2) is 0 Å². The Morgan fingerprint density at radius 1 is 0.958 bits per heavy atom. The van der Waals surface area contributed by atoms with E-state index in [4.69, 9.17) is 0 Å². The molecule has 0 atom stereocenters. The van der Waals surface area contributed by atoms with E-state index in [0.29, 0.717) is 12.6 Å². The van der Waals surface area contributed by atoms with Crippen LogP contribution in [0.15, 0.2) is 48.5 Å². The molecule has 124 valence electrons. The second-order valence-corrected chi connectivity index (χ2v) is 6.52. The normalized spacial score (nSPS) is 17.6. The molecule has 2 aromatic rings. The van der Waals surface area contributed by atoms with Gasteiger partial charge in [0.15, 0.2) is 0 Å². The van der Waals surface area contributed by atoms with E-state index < -0.39 is 0 Å². The number of benzene rings is 2. The van der Waals surface area contributed by atoms with Gasteiger partial charge < -0.3 is 10.2 Å². The predicted molar refractivity (Wildman–Crippen MR) is 95.8 cm³/mol. The minimum atomic E-state index is 0.198. The smallest absolute Gasteiger partial charge is 0.236 e. The molecule has 0 radical (unpaired) electrons. The molecule has 1 saturated heterocycles. The molecule has 0 aromatic heterocycles. The third-order valence-electron chi connectivity index (χ3n) is 5.16. The van der Waals surface area contributed by atoms with Crippen molar-refractivity contribution in [1.29, 1.82) is 0 Å². The minimum Gasteiger partial charge on any atom is -0.339 e. The van der Waals surface area contributed by atoms with Crippen LogP contribution in [0.2, 0.25) is 0 Å². The van der Waals surface area contributed by atoms with Crippen LogP contribution in [-0.4, -0.2) is 55.5 Å². The highest BCUT2D eigenvalue weighted by atomic mass is 16.2. The van der Waals surface area contributed by atoms with Gasteiger partial charge in [0.25, 0.3) is 0 Å². The lowest BCUT2D eigenvalue weighted by atomic mass is 10.0. The molecule has 1 heterocycles. The van der Waals surface area contributed by atoms with Crippen molar-refractivity contribution in [3.05, 3.63) is 59.7 Å². The second-order valence-electron chi connectivity index (χ2n) is 6.52. The first-order valence-corrected chi connectivity index (χ1v) is 8.64. The first-order valence-electron chi connectivity index (χ1n) is 8.64. The van der Waals surface area contributed by atoms with Crippen molar-refractivity contribution in [2.24, 2.45) is 0 Å². The molecular weight excluding hydrogens is 298 g/mol. The summed E-state index contributed by atoms with van der Waals surface area (Å²) in [7, 11) is 1.82. The van der Waals surface area contributed by atoms with E-state index in [1.54, 1.807) is 0 Å². The SMILES string of the molecule is CNCC(=O)N1CCN(C2c3ccccc3-c3ccccc32)CC1. The summed E-state index contributed by atoms with van der Waals surface area (Å²) in [6, 6.07) is 17.8. The van der Waals surface area contributed by atoms with Crippen molar-refractivity contribution < 1.29 is 4.79 Å². The summed E-state index contributed by atoms with van der Waals surface area (Å²) in [4.78, 5) is 16.6. The number of carbonyl (C=O) groups is 1. The average Bonchev–Trinajstić information content (AvgIpc) is 2.97. The summed E-state index contributed by atoms with van der Waals surface area (Å²) in [6.45, 7) is 3.88. The molecule has 4 nitrogen and oxygen atoms in total. The van der Waals surface area contributed by atoms with Gasteiger partial charge in [-0.1, -0.05) is 48.5 Å². The van der Waals surface area contributed by atoms with E-state index >= 15 is 0 Å². The van der Waals surface area contributed by atoms with E-state index in [9.17, 15) is 4.79 Å². The van der Waals surface area contributed by atoms with Gasteiger partial charge in [0.2, 0.25) is 5.91 Å². The lowest BCUT2D eigenvalue weighted by Crippen LogP contribution is -2.51. The molecule has 0 saturated carbocycles. The highest BCUT2D eigenvalue weighted by Crippen LogP contribution is 2.46. The molecule has 2 aromatic carbocycles. The highest BCUT2D eigenvalue weighted by Gasteiger charge is 2.34. The lowest BCUT2D eigenvalue weighted by molar-refractivity contribution is -0.132. The van der Waals surface area contributed by atoms with Crippen LogP contribution >= 0.6 is 0 Å². The first-order chi connectivity index (χ1) is 11.8. The third kappa shape index (κ3) is 2.52. The maximum Gasteiger partial charge on any atom is 0.236 e. The van der Waals surface area contributed by atoms with Crippen molar-refractivity contribution in [1.82, 2.24) is 15.1 Å². The van der Waals surface area contributed by atoms with Crippen molar-refractivity contribution in [2.45, 2.75) is 6.04 Å². The van der Waals surface area contributed by atoms with E-state index in [1.807, 2.05) is 11.9 Å². The van der Waals surface area contributed by atoms with Gasteiger partial charge in [0, 0.05) is 26.2 Å². The largest absolute Gasteiger partial charge is 0.339 e. The van der Waals surface area contributed by atoms with Crippen molar-refractivity contribution in [3.8, 4) is 11.1 Å². The minimum absolute atomic E-state index is 0.198. The molecule has 1 aliphatic heterocycles. The van der Waals surface area contributed by atoms with Gasteiger partial charge in [0.05, 0.1) is 12.6 Å². The zero-order valence-corrected chi connectivity index (χ0v) is 14.0. The van der Waals surface area contributed by atoms with Gasteiger partial charge >= 0.3 is 0 Å². The summed E-state index contributed by atoms with van der Waals surface area (Å²) in [5.74, 6) is 0.198. The Hall–Kier alpha value is -2.17. The third-order valence-corrected chi connectivity index (χ3v) is 5.16. The number of hydrogen-bond acceptors (Lipinski definition) is 3. The number of carbonyl (C=O) groups excluding carboxylic acids is 1. The molecule has 1 amide bonds. The van der Waals surface area contributed by atoms with Gasteiger partial charge in [-0.05, 0) is 29.3 Å². The zero-order valence-electron chi connectivity index (χ0n) is 14.0. The van der Waals surface area contributed by atoms with Crippen LogP contribution in [0.25, 0.3) is 11.1 Å². The van der Waals surface area contributed by atoms with Gasteiger partial charge in [-0.3, -0.25) is 9.69 Å². The van der Waals surface area contributed by atoms with Crippen molar-refractivity contribution in [2.75, 3.05) is 39.8 Å². The van der Waals surface area contributed by atoms with E-state index in [1.165, 1.54) is 22.3 Å². The fraction of sp³-hybridized carbons (Fsp3) is 0.350. The maximum absolute atomic E-state index is 12.1. The molecule has 0 bridgehead atoms. The fourth-order valence-electron chi connectivity index (χ4n) is 4.01. The fourth-order valence-corrected chi connectivity index (χ4v) is 4.01. The molecule has 1 fully saturated rings. The number of fused-ring (bicyclic) bond motifs is 3. The van der Waals surface area contributed by atoms with Gasteiger partial charge in [0.1, 0.15) is 0 Å². The van der Waals surface area contributed by atoms with Crippen LogP contribution in [0.5, 0.6) is 0 Å². The van der Waals surface area contributed by atoms with Crippen LogP contribution in [0.3, 0.4) is 0 Å². The zero-order chi connectivity index (χ0) is 16.5. The van der Waals surface area contributed by atoms with Crippen LogP contribution in [-0.2, 0) is 4.79 Å². The lowest BCUT2D eigenvalue weighted by Gasteiger charge is -2.38. The average molecular weight is 321 g/mol. The molecule has 1 N–H and O–H groups in total. The van der Waals surface area contributed by atoms with Crippen molar-refractivity contribution >= 4 is 5.91 Å². The Morgan fingerprint density at radius 3 is 2.04 bits per heavy atom. The molecule has 4 rings (SSSR count). The Morgan fingerprint density at radius 2 is 1.50 bits per heavy atom. The number of nitrogens with zero attached hydrogens (tertiary/aromatic N) is 2. The molecular formula is C20H23N3O. The number of hydrogen-bond donors (Lipinski definition) is 1. The summed E-state index contributed by atoms with van der Waals surface area (Å²) >= 11 is 0. The van der Waals surface area contributed by atoms with Crippen LogP contribution in [0.4, 0.5) is 0 Å². The molecule has 4 heteroatoms. The maximum atomic E-state index is 12.1. The standard InChI is InChI=1S/C20H23N3O/c1-21-14-19(24)22-10-12-23(13-11-22)20-17-8-4-2-6-15(17)16-7-3-5-9-18(16)20/h2-9,20-21H,10-14H2,1H3. The number of piperazine rings is 1. The highest BCUT2D eigenvalue weighted by molar-refractivity contribution is 5.79. The number of nitrogens with one attached hydrogen (secondary N) is 1. The van der Waals surface area contributed by atoms with E-state index in [2.05, 4.69) is 58.7 Å². The Balaban J connectivity index is 1.58. The predicted octanol–water partition coefficient (Wildman–Crippen LogP) is 2.12. The Labute approximate surface area is 143 Å². The second kappa shape index (κ2) is 6.38. The quantitative estimate of drug-likeness (QED) is 0.941. The first kappa shape index (κ1) is 15.4. The number of amides is 1. The Kier molecular flexibility index (Phi) is 4.08. The molecule has 1 aliphatic carbocycles. The topological polar surface area (TPSA) is 35.6 Å². The van der Waals surface area contributed by atoms with Crippen LogP contribution in [0, 0.1) is 0 Å². The number of likely N-dealkylation sites (N-methyl/N-ethyl adjacent to an activating group) is 1. The summed E-state index contributed by atoms with van der Waals surface area (Å²) in [5, 5.41) is 2.95. The van der Waals surface area contributed by atoms with E-state index in [-0.39, 0.29) is 5.91 Å². The summed E-state index contributed by atoms with van der Waals surface area (Å²) in [5.41, 5.74) is 5.50. The summed E-state index contributed by atoms with van der Waals surface area (Å²) in [6.07, 6.45) is 0. The van der Waals surface area contributed by atoms with Crippen LogP contribution in [0.1, 0.15) is 17.2 Å². The molecule has 0 unspecified atom stereocenters. The van der Waals surface area contributed by atoms with Crippen molar-refractivity contribution in [3.63, 3.8) is 0 Å². The molecule has 2 aliphatic rings. The molecule has 0 spiro atoms. The Bertz CT molecular complexity index is 705. The van der Waals surface area contributed by atoms with E-state index in [0.717, 1.165) is 26.2 Å². The van der Waals surface area contributed by atoms with Crippen LogP contribution < -0.4 is 5.32 Å². The van der Waals surface area contributed by atoms with Gasteiger partial charge in [-0.2, -0.15) is 0 Å².